The maximum absolute atomic E-state index is 11.9. The molecule has 146 valence electrons. The van der Waals surface area contributed by atoms with Crippen LogP contribution in [0.4, 0.5) is 5.69 Å². The highest BCUT2D eigenvalue weighted by Crippen LogP contribution is 2.15. The normalized spacial score (nSPS) is 10.5. The first-order valence-corrected chi connectivity index (χ1v) is 8.73. The SMILES string of the molecule is C=CCOc1ccc(NC(=O)C(=O)N/N=C\c2ccc(OC(C)C)cc2)cc1. The molecule has 0 unspecified atom stereocenters. The van der Waals surface area contributed by atoms with Crippen LogP contribution in [0.3, 0.4) is 0 Å². The van der Waals surface area contributed by atoms with Crippen LogP contribution in [-0.4, -0.2) is 30.7 Å². The highest BCUT2D eigenvalue weighted by Gasteiger charge is 2.12. The van der Waals surface area contributed by atoms with Crippen LogP contribution in [0, 0.1) is 0 Å². The molecule has 2 aromatic carbocycles. The van der Waals surface area contributed by atoms with Crippen molar-refractivity contribution in [2.24, 2.45) is 5.10 Å². The Hall–Kier alpha value is -3.61. The quantitative estimate of drug-likeness (QED) is 0.318. The first-order valence-electron chi connectivity index (χ1n) is 8.73. The minimum atomic E-state index is -0.872. The van der Waals surface area contributed by atoms with Crippen molar-refractivity contribution in [2.75, 3.05) is 11.9 Å². The largest absolute Gasteiger partial charge is 0.491 e. The summed E-state index contributed by atoms with van der Waals surface area (Å²) in [6.45, 7) is 7.85. The van der Waals surface area contributed by atoms with Crippen LogP contribution >= 0.6 is 0 Å². The number of hydrogen-bond donors (Lipinski definition) is 2. The molecule has 2 aromatic rings. The molecule has 2 amide bonds. The van der Waals surface area contributed by atoms with E-state index in [0.717, 1.165) is 11.3 Å². The Bertz CT molecular complexity index is 828. The molecule has 0 aliphatic heterocycles. The average molecular weight is 381 g/mol. The van der Waals surface area contributed by atoms with E-state index < -0.39 is 11.8 Å². The van der Waals surface area contributed by atoms with Crippen LogP contribution in [0.15, 0.2) is 66.3 Å². The summed E-state index contributed by atoms with van der Waals surface area (Å²) in [5.41, 5.74) is 3.41. The Kier molecular flexibility index (Phi) is 7.77. The first kappa shape index (κ1) is 20.7. The number of hydrogen-bond acceptors (Lipinski definition) is 5. The molecule has 0 bridgehead atoms. The first-order chi connectivity index (χ1) is 13.5. The Balaban J connectivity index is 1.82. The fourth-order valence-corrected chi connectivity index (χ4v) is 2.10. The van der Waals surface area contributed by atoms with Crippen LogP contribution in [0.2, 0.25) is 0 Å². The van der Waals surface area contributed by atoms with Crippen LogP contribution in [-0.2, 0) is 9.59 Å². The Labute approximate surface area is 164 Å². The maximum Gasteiger partial charge on any atom is 0.329 e. The monoisotopic (exact) mass is 381 g/mol. The number of benzene rings is 2. The summed E-state index contributed by atoms with van der Waals surface area (Å²) < 4.78 is 10.9. The number of hydrazone groups is 1. The molecule has 0 spiro atoms. The van der Waals surface area contributed by atoms with Crippen molar-refractivity contribution in [2.45, 2.75) is 20.0 Å². The Morgan fingerprint density at radius 1 is 1.04 bits per heavy atom. The van der Waals surface area contributed by atoms with Gasteiger partial charge in [0, 0.05) is 5.69 Å². The topological polar surface area (TPSA) is 89.0 Å². The van der Waals surface area contributed by atoms with E-state index in [1.165, 1.54) is 6.21 Å². The van der Waals surface area contributed by atoms with Crippen LogP contribution in [0.1, 0.15) is 19.4 Å². The van der Waals surface area contributed by atoms with E-state index in [1.807, 2.05) is 13.8 Å². The van der Waals surface area contributed by atoms with Gasteiger partial charge in [0.05, 0.1) is 12.3 Å². The van der Waals surface area contributed by atoms with Crippen LogP contribution in [0.25, 0.3) is 0 Å². The highest BCUT2D eigenvalue weighted by molar-refractivity contribution is 6.39. The summed E-state index contributed by atoms with van der Waals surface area (Å²) >= 11 is 0. The number of amides is 2. The molecular formula is C21H23N3O4. The van der Waals surface area contributed by atoms with Gasteiger partial charge in [-0.25, -0.2) is 5.43 Å². The van der Waals surface area contributed by atoms with Crippen LogP contribution < -0.4 is 20.2 Å². The predicted molar refractivity (Wildman–Crippen MR) is 109 cm³/mol. The zero-order valence-electron chi connectivity index (χ0n) is 15.8. The molecule has 0 saturated heterocycles. The van der Waals surface area contributed by atoms with Gasteiger partial charge in [0.25, 0.3) is 0 Å². The molecule has 7 nitrogen and oxygen atoms in total. The van der Waals surface area contributed by atoms with E-state index in [-0.39, 0.29) is 6.10 Å². The fraction of sp³-hybridized carbons (Fsp3) is 0.190. The van der Waals surface area contributed by atoms with E-state index in [1.54, 1.807) is 54.6 Å². The summed E-state index contributed by atoms with van der Waals surface area (Å²) in [6.07, 6.45) is 3.16. The molecule has 0 saturated carbocycles. The van der Waals surface area contributed by atoms with Gasteiger partial charge in [-0.3, -0.25) is 9.59 Å². The van der Waals surface area contributed by atoms with E-state index in [0.29, 0.717) is 18.0 Å². The number of nitrogens with one attached hydrogen (secondary N) is 2. The van der Waals surface area contributed by atoms with Gasteiger partial charge in [0.2, 0.25) is 0 Å². The predicted octanol–water partition coefficient (Wildman–Crippen LogP) is 3.13. The third-order valence-electron chi connectivity index (χ3n) is 3.32. The second-order valence-corrected chi connectivity index (χ2v) is 6.01. The van der Waals surface area contributed by atoms with Crippen molar-refractivity contribution in [1.82, 2.24) is 5.43 Å². The lowest BCUT2D eigenvalue weighted by atomic mass is 10.2. The molecule has 0 radical (unpaired) electrons. The molecule has 0 aliphatic rings. The van der Waals surface area contributed by atoms with E-state index in [2.05, 4.69) is 22.4 Å². The summed E-state index contributed by atoms with van der Waals surface area (Å²) in [5.74, 6) is -0.311. The van der Waals surface area contributed by atoms with Crippen molar-refractivity contribution < 1.29 is 19.1 Å². The second kappa shape index (κ2) is 10.5. The number of carbonyl (C=O) groups excluding carboxylic acids is 2. The van der Waals surface area contributed by atoms with Gasteiger partial charge in [-0.05, 0) is 67.9 Å². The molecule has 28 heavy (non-hydrogen) atoms. The van der Waals surface area contributed by atoms with Gasteiger partial charge < -0.3 is 14.8 Å². The molecular weight excluding hydrogens is 358 g/mol. The molecule has 2 N–H and O–H groups in total. The number of nitrogens with zero attached hydrogens (tertiary/aromatic N) is 1. The highest BCUT2D eigenvalue weighted by atomic mass is 16.5. The van der Waals surface area contributed by atoms with Crippen LogP contribution in [0.5, 0.6) is 11.5 Å². The van der Waals surface area contributed by atoms with Crippen molar-refractivity contribution >= 4 is 23.7 Å². The lowest BCUT2D eigenvalue weighted by Crippen LogP contribution is -2.32. The van der Waals surface area contributed by atoms with Gasteiger partial charge in [-0.1, -0.05) is 12.7 Å². The standard InChI is InChI=1S/C21H23N3O4/c1-4-13-27-18-11-7-17(8-12-18)23-20(25)21(26)24-22-14-16-5-9-19(10-6-16)28-15(2)3/h4-12,14-15H,1,13H2,2-3H3,(H,23,25)(H,24,26)/b22-14-. The molecule has 0 heterocycles. The number of anilines is 1. The van der Waals surface area contributed by atoms with Gasteiger partial charge in [0.1, 0.15) is 18.1 Å². The number of rotatable bonds is 8. The smallest absolute Gasteiger partial charge is 0.329 e. The van der Waals surface area contributed by atoms with Gasteiger partial charge in [-0.2, -0.15) is 5.10 Å². The molecule has 0 atom stereocenters. The summed E-state index contributed by atoms with van der Waals surface area (Å²) in [6, 6.07) is 13.8. The zero-order chi connectivity index (χ0) is 20.4. The molecule has 2 rings (SSSR count). The summed E-state index contributed by atoms with van der Waals surface area (Å²) in [7, 11) is 0. The van der Waals surface area contributed by atoms with Crippen molar-refractivity contribution in [3.63, 3.8) is 0 Å². The number of ether oxygens (including phenoxy) is 2. The summed E-state index contributed by atoms with van der Waals surface area (Å²) in [4.78, 5) is 23.7. The molecule has 0 aliphatic carbocycles. The average Bonchev–Trinajstić information content (AvgIpc) is 2.68. The molecule has 7 heteroatoms. The lowest BCUT2D eigenvalue weighted by molar-refractivity contribution is -0.136. The summed E-state index contributed by atoms with van der Waals surface area (Å²) in [5, 5.41) is 6.27. The van der Waals surface area contributed by atoms with E-state index >= 15 is 0 Å². The third-order valence-corrected chi connectivity index (χ3v) is 3.32. The zero-order valence-corrected chi connectivity index (χ0v) is 15.8. The minimum Gasteiger partial charge on any atom is -0.491 e. The Morgan fingerprint density at radius 3 is 2.29 bits per heavy atom. The minimum absolute atomic E-state index is 0.0909. The van der Waals surface area contributed by atoms with Gasteiger partial charge in [-0.15, -0.1) is 0 Å². The van der Waals surface area contributed by atoms with Crippen molar-refractivity contribution in [3.8, 4) is 11.5 Å². The second-order valence-electron chi connectivity index (χ2n) is 6.01. The lowest BCUT2D eigenvalue weighted by Gasteiger charge is -2.09. The van der Waals surface area contributed by atoms with Crippen molar-refractivity contribution in [1.29, 1.82) is 0 Å². The van der Waals surface area contributed by atoms with Gasteiger partial charge >= 0.3 is 11.8 Å². The third kappa shape index (κ3) is 6.95. The number of carbonyl (C=O) groups is 2. The maximum atomic E-state index is 11.9. The molecule has 0 fully saturated rings. The Morgan fingerprint density at radius 2 is 1.68 bits per heavy atom. The van der Waals surface area contributed by atoms with Gasteiger partial charge in [0.15, 0.2) is 0 Å². The van der Waals surface area contributed by atoms with E-state index in [9.17, 15) is 9.59 Å². The van der Waals surface area contributed by atoms with Crippen molar-refractivity contribution in [3.05, 3.63) is 66.7 Å². The van der Waals surface area contributed by atoms with E-state index in [4.69, 9.17) is 9.47 Å². The fourth-order valence-electron chi connectivity index (χ4n) is 2.10. The molecule has 0 aromatic heterocycles.